The van der Waals surface area contributed by atoms with Gasteiger partial charge in [0.05, 0.1) is 7.11 Å². The number of ether oxygens (including phenoxy) is 1. The Kier molecular flexibility index (Phi) is 4.70. The molecule has 108 valence electrons. The van der Waals surface area contributed by atoms with Gasteiger partial charge in [0.25, 0.3) is 0 Å². The summed E-state index contributed by atoms with van der Waals surface area (Å²) in [5.41, 5.74) is 6.59. The average molecular weight is 296 g/mol. The lowest BCUT2D eigenvalue weighted by Crippen LogP contribution is -2.20. The predicted octanol–water partition coefficient (Wildman–Crippen LogP) is 3.03. The molecule has 1 heterocycles. The van der Waals surface area contributed by atoms with E-state index in [0.717, 1.165) is 11.3 Å². The van der Waals surface area contributed by atoms with Crippen LogP contribution in [0, 0.1) is 6.92 Å². The van der Waals surface area contributed by atoms with Crippen LogP contribution < -0.4 is 10.5 Å². The van der Waals surface area contributed by atoms with Crippen LogP contribution in [0.2, 0.25) is 5.02 Å². The maximum Gasteiger partial charge on any atom is 0.133 e. The molecule has 20 heavy (non-hydrogen) atoms. The number of nitrogens with two attached hydrogens (primary N) is 1. The van der Waals surface area contributed by atoms with E-state index in [2.05, 4.69) is 0 Å². The van der Waals surface area contributed by atoms with Crippen LogP contribution in [0.3, 0.4) is 0 Å². The van der Waals surface area contributed by atoms with Gasteiger partial charge in [-0.25, -0.2) is 0 Å². The van der Waals surface area contributed by atoms with Gasteiger partial charge < -0.3 is 20.0 Å². The van der Waals surface area contributed by atoms with E-state index in [1.807, 2.05) is 6.92 Å². The smallest absolute Gasteiger partial charge is 0.133 e. The molecule has 2 aromatic rings. The standard InChI is InChI=1S/C15H18ClNO3/c1-9-3-5-14(20-9)15(18)12(8-17)11-7-10(16)4-6-13(11)19-2/h3-7,12,15,18H,8,17H2,1-2H3. The van der Waals surface area contributed by atoms with E-state index in [9.17, 15) is 5.11 Å². The number of aliphatic hydroxyl groups excluding tert-OH is 1. The molecule has 0 spiro atoms. The van der Waals surface area contributed by atoms with Crippen LogP contribution in [0.4, 0.5) is 0 Å². The summed E-state index contributed by atoms with van der Waals surface area (Å²) >= 11 is 6.03. The highest BCUT2D eigenvalue weighted by Gasteiger charge is 2.27. The Morgan fingerprint density at radius 3 is 2.65 bits per heavy atom. The molecule has 0 fully saturated rings. The first kappa shape index (κ1) is 14.9. The summed E-state index contributed by atoms with van der Waals surface area (Å²) in [5, 5.41) is 11.1. The van der Waals surface area contributed by atoms with Crippen LogP contribution in [0.5, 0.6) is 5.75 Å². The van der Waals surface area contributed by atoms with Gasteiger partial charge in [0.15, 0.2) is 0 Å². The molecule has 0 saturated carbocycles. The monoisotopic (exact) mass is 295 g/mol. The molecule has 0 bridgehead atoms. The third-order valence-corrected chi connectivity index (χ3v) is 3.51. The number of hydrogen-bond acceptors (Lipinski definition) is 4. The van der Waals surface area contributed by atoms with Crippen molar-refractivity contribution in [2.24, 2.45) is 5.73 Å². The molecule has 2 atom stereocenters. The number of halogens is 1. The number of rotatable bonds is 5. The van der Waals surface area contributed by atoms with Gasteiger partial charge in [0.1, 0.15) is 23.4 Å². The number of methoxy groups -OCH3 is 1. The molecule has 0 radical (unpaired) electrons. The van der Waals surface area contributed by atoms with Crippen LogP contribution in [0.15, 0.2) is 34.7 Å². The lowest BCUT2D eigenvalue weighted by molar-refractivity contribution is 0.119. The summed E-state index contributed by atoms with van der Waals surface area (Å²) in [6.45, 7) is 2.07. The lowest BCUT2D eigenvalue weighted by Gasteiger charge is -2.22. The first-order chi connectivity index (χ1) is 9.56. The second kappa shape index (κ2) is 6.31. The molecule has 1 aromatic heterocycles. The highest BCUT2D eigenvalue weighted by Crippen LogP contribution is 2.37. The first-order valence-electron chi connectivity index (χ1n) is 6.34. The van der Waals surface area contributed by atoms with E-state index in [4.69, 9.17) is 26.5 Å². The minimum absolute atomic E-state index is 0.248. The average Bonchev–Trinajstić information content (AvgIpc) is 2.86. The van der Waals surface area contributed by atoms with Crippen molar-refractivity contribution in [1.29, 1.82) is 0 Å². The van der Waals surface area contributed by atoms with Gasteiger partial charge in [0.2, 0.25) is 0 Å². The fourth-order valence-electron chi connectivity index (χ4n) is 2.23. The Morgan fingerprint density at radius 2 is 2.10 bits per heavy atom. The van der Waals surface area contributed by atoms with E-state index in [1.165, 1.54) is 0 Å². The SMILES string of the molecule is COc1ccc(Cl)cc1C(CN)C(O)c1ccc(C)o1. The first-order valence-corrected chi connectivity index (χ1v) is 6.72. The van der Waals surface area contributed by atoms with Crippen LogP contribution >= 0.6 is 11.6 Å². The molecule has 2 unspecified atom stereocenters. The van der Waals surface area contributed by atoms with Crippen molar-refractivity contribution in [3.05, 3.63) is 52.4 Å². The van der Waals surface area contributed by atoms with Crippen LogP contribution in [-0.2, 0) is 0 Å². The number of benzene rings is 1. The molecule has 0 amide bonds. The summed E-state index contributed by atoms with van der Waals surface area (Å²) in [6, 6.07) is 8.82. The van der Waals surface area contributed by atoms with Crippen molar-refractivity contribution in [1.82, 2.24) is 0 Å². The molecule has 0 saturated heterocycles. The molecule has 0 aliphatic rings. The second-order valence-electron chi connectivity index (χ2n) is 4.62. The van der Waals surface area contributed by atoms with E-state index < -0.39 is 6.10 Å². The summed E-state index contributed by atoms with van der Waals surface area (Å²) in [7, 11) is 1.57. The fourth-order valence-corrected chi connectivity index (χ4v) is 2.41. The molecule has 0 aliphatic heterocycles. The van der Waals surface area contributed by atoms with Gasteiger partial charge in [-0.1, -0.05) is 11.6 Å². The van der Waals surface area contributed by atoms with Crippen molar-refractivity contribution in [3.63, 3.8) is 0 Å². The van der Waals surface area contributed by atoms with Crippen molar-refractivity contribution in [2.75, 3.05) is 13.7 Å². The normalized spacial score (nSPS) is 14.1. The third-order valence-electron chi connectivity index (χ3n) is 3.28. The maximum atomic E-state index is 10.5. The summed E-state index contributed by atoms with van der Waals surface area (Å²) in [6.07, 6.45) is -0.846. The van der Waals surface area contributed by atoms with E-state index >= 15 is 0 Å². The Balaban J connectivity index is 2.39. The lowest BCUT2D eigenvalue weighted by atomic mass is 9.91. The van der Waals surface area contributed by atoms with Gasteiger partial charge in [-0.2, -0.15) is 0 Å². The number of hydrogen-bond donors (Lipinski definition) is 2. The minimum Gasteiger partial charge on any atom is -0.496 e. The minimum atomic E-state index is -0.846. The summed E-state index contributed by atoms with van der Waals surface area (Å²) in [5.74, 6) is 1.52. The number of furan rings is 1. The Labute approximate surface area is 123 Å². The summed E-state index contributed by atoms with van der Waals surface area (Å²) in [4.78, 5) is 0. The van der Waals surface area contributed by atoms with Gasteiger partial charge >= 0.3 is 0 Å². The van der Waals surface area contributed by atoms with Gasteiger partial charge in [-0.15, -0.1) is 0 Å². The van der Waals surface area contributed by atoms with E-state index in [0.29, 0.717) is 16.5 Å². The van der Waals surface area contributed by atoms with E-state index in [-0.39, 0.29) is 12.5 Å². The third kappa shape index (κ3) is 2.98. The van der Waals surface area contributed by atoms with Gasteiger partial charge in [0, 0.05) is 23.0 Å². The molecule has 3 N–H and O–H groups in total. The van der Waals surface area contributed by atoms with Crippen molar-refractivity contribution < 1.29 is 14.3 Å². The highest BCUT2D eigenvalue weighted by atomic mass is 35.5. The molecule has 2 rings (SSSR count). The largest absolute Gasteiger partial charge is 0.496 e. The Morgan fingerprint density at radius 1 is 1.35 bits per heavy atom. The van der Waals surface area contributed by atoms with Crippen molar-refractivity contribution in [2.45, 2.75) is 18.9 Å². The highest BCUT2D eigenvalue weighted by molar-refractivity contribution is 6.30. The van der Waals surface area contributed by atoms with Crippen molar-refractivity contribution >= 4 is 11.6 Å². The van der Waals surface area contributed by atoms with Crippen molar-refractivity contribution in [3.8, 4) is 5.75 Å². The second-order valence-corrected chi connectivity index (χ2v) is 5.06. The van der Waals surface area contributed by atoms with E-state index in [1.54, 1.807) is 37.4 Å². The number of aryl methyl sites for hydroxylation is 1. The quantitative estimate of drug-likeness (QED) is 0.889. The predicted molar refractivity (Wildman–Crippen MR) is 78.2 cm³/mol. The fraction of sp³-hybridized carbons (Fsp3) is 0.333. The topological polar surface area (TPSA) is 68.6 Å². The molecule has 0 aliphatic carbocycles. The van der Waals surface area contributed by atoms with Gasteiger partial charge in [-0.3, -0.25) is 0 Å². The molecular weight excluding hydrogens is 278 g/mol. The van der Waals surface area contributed by atoms with Gasteiger partial charge in [-0.05, 0) is 37.3 Å². The zero-order chi connectivity index (χ0) is 14.7. The molecule has 5 heteroatoms. The maximum absolute atomic E-state index is 10.5. The zero-order valence-corrected chi connectivity index (χ0v) is 12.2. The summed E-state index contributed by atoms with van der Waals surface area (Å²) < 4.78 is 10.8. The van der Waals surface area contributed by atoms with Crippen LogP contribution in [-0.4, -0.2) is 18.8 Å². The number of aliphatic hydroxyl groups is 1. The van der Waals surface area contributed by atoms with Crippen LogP contribution in [0.1, 0.15) is 29.1 Å². The Bertz CT molecular complexity index is 582. The molecule has 1 aromatic carbocycles. The molecule has 4 nitrogen and oxygen atoms in total. The Hall–Kier alpha value is -1.49. The zero-order valence-electron chi connectivity index (χ0n) is 11.5. The molecular formula is C15H18ClNO3. The van der Waals surface area contributed by atoms with Crippen LogP contribution in [0.25, 0.3) is 0 Å².